The topological polar surface area (TPSA) is 45.0 Å². The molecule has 0 aliphatic carbocycles. The summed E-state index contributed by atoms with van der Waals surface area (Å²) in [4.78, 5) is 0. The molecule has 1 aromatic rings. The molecule has 0 radical (unpaired) electrons. The summed E-state index contributed by atoms with van der Waals surface area (Å²) in [5, 5.41) is 12.2. The lowest BCUT2D eigenvalue weighted by molar-refractivity contribution is 0.415. The van der Waals surface area contributed by atoms with Crippen LogP contribution in [0.25, 0.3) is 0 Å². The van der Waals surface area contributed by atoms with Gasteiger partial charge >= 0.3 is 0 Å². The van der Waals surface area contributed by atoms with Gasteiger partial charge in [0.25, 0.3) is 0 Å². The quantitative estimate of drug-likeness (QED) is 0.825. The van der Waals surface area contributed by atoms with Crippen molar-refractivity contribution in [1.82, 2.24) is 0 Å². The molecule has 0 aliphatic heterocycles. The van der Waals surface area contributed by atoms with Gasteiger partial charge in [0.2, 0.25) is 0 Å². The molecule has 3 nitrogen and oxygen atoms in total. The Morgan fingerprint density at radius 3 is 3.00 bits per heavy atom. The van der Waals surface area contributed by atoms with Gasteiger partial charge in [-0.25, -0.2) is 0 Å². The summed E-state index contributed by atoms with van der Waals surface area (Å²) in [6.45, 7) is 0. The summed E-state index contributed by atoms with van der Waals surface area (Å²) in [6, 6.07) is 9.74. The maximum atomic E-state index is 8.99. The van der Waals surface area contributed by atoms with Crippen molar-refractivity contribution in [3.8, 4) is 11.8 Å². The van der Waals surface area contributed by atoms with Gasteiger partial charge in [-0.2, -0.15) is 17.0 Å². The molecule has 0 spiro atoms. The number of ether oxygens (including phenoxy) is 1. The molecule has 0 aromatic heterocycles. The zero-order valence-corrected chi connectivity index (χ0v) is 10.4. The van der Waals surface area contributed by atoms with Crippen molar-refractivity contribution in [3.63, 3.8) is 0 Å². The number of nitrogens with one attached hydrogen (secondary N) is 1. The number of thioether (sulfide) groups is 1. The summed E-state index contributed by atoms with van der Waals surface area (Å²) in [5.74, 6) is 1.78. The standard InChI is InChI=1S/C12H16N2OS/c1-15-12-5-3-4-10(8-12)14-11(9-13)6-7-16-2/h3-5,8,11,14H,6-7H2,1-2H3. The molecule has 0 saturated heterocycles. The van der Waals surface area contributed by atoms with E-state index in [2.05, 4.69) is 11.4 Å². The Labute approximate surface area is 101 Å². The summed E-state index contributed by atoms with van der Waals surface area (Å²) >= 11 is 1.75. The van der Waals surface area contributed by atoms with Crippen molar-refractivity contribution in [1.29, 1.82) is 5.26 Å². The molecular formula is C12H16N2OS. The summed E-state index contributed by atoms with van der Waals surface area (Å²) in [7, 11) is 1.63. The van der Waals surface area contributed by atoms with Crippen molar-refractivity contribution < 1.29 is 4.74 Å². The largest absolute Gasteiger partial charge is 0.497 e. The fourth-order valence-corrected chi connectivity index (χ4v) is 1.79. The van der Waals surface area contributed by atoms with Crippen LogP contribution in [0.5, 0.6) is 5.75 Å². The molecule has 0 heterocycles. The molecule has 1 unspecified atom stereocenters. The van der Waals surface area contributed by atoms with E-state index in [0.717, 1.165) is 23.6 Å². The van der Waals surface area contributed by atoms with Crippen LogP contribution in [0.1, 0.15) is 6.42 Å². The highest BCUT2D eigenvalue weighted by Gasteiger charge is 2.06. The van der Waals surface area contributed by atoms with Gasteiger partial charge in [0.05, 0.1) is 13.2 Å². The van der Waals surface area contributed by atoms with E-state index in [-0.39, 0.29) is 6.04 Å². The van der Waals surface area contributed by atoms with Gasteiger partial charge in [0, 0.05) is 11.8 Å². The van der Waals surface area contributed by atoms with E-state index >= 15 is 0 Å². The van der Waals surface area contributed by atoms with Crippen LogP contribution in [-0.4, -0.2) is 25.2 Å². The van der Waals surface area contributed by atoms with Crippen LogP contribution in [0.2, 0.25) is 0 Å². The average Bonchev–Trinajstić information content (AvgIpc) is 2.34. The predicted molar refractivity (Wildman–Crippen MR) is 69.0 cm³/mol. The molecule has 0 amide bonds. The number of hydrogen-bond donors (Lipinski definition) is 1. The Morgan fingerprint density at radius 2 is 2.38 bits per heavy atom. The molecule has 0 fully saturated rings. The van der Waals surface area contributed by atoms with Gasteiger partial charge < -0.3 is 10.1 Å². The van der Waals surface area contributed by atoms with E-state index in [1.807, 2.05) is 30.5 Å². The highest BCUT2D eigenvalue weighted by molar-refractivity contribution is 7.98. The molecule has 1 rings (SSSR count). The Balaban J connectivity index is 2.59. The molecule has 1 aromatic carbocycles. The Kier molecular flexibility index (Phi) is 5.58. The molecule has 0 bridgehead atoms. The van der Waals surface area contributed by atoms with Gasteiger partial charge in [-0.15, -0.1) is 0 Å². The first-order chi connectivity index (χ1) is 7.80. The SMILES string of the molecule is COc1cccc(NC(C#N)CCSC)c1. The normalized spacial score (nSPS) is 11.6. The second kappa shape index (κ2) is 7.02. The summed E-state index contributed by atoms with van der Waals surface area (Å²) in [6.07, 6.45) is 2.88. The number of hydrogen-bond acceptors (Lipinski definition) is 4. The highest BCUT2D eigenvalue weighted by atomic mass is 32.2. The van der Waals surface area contributed by atoms with Crippen molar-refractivity contribution in [3.05, 3.63) is 24.3 Å². The van der Waals surface area contributed by atoms with Gasteiger partial charge in [-0.05, 0) is 30.6 Å². The van der Waals surface area contributed by atoms with Crippen LogP contribution in [0.4, 0.5) is 5.69 Å². The van der Waals surface area contributed by atoms with Crippen LogP contribution in [0, 0.1) is 11.3 Å². The monoisotopic (exact) mass is 236 g/mol. The maximum Gasteiger partial charge on any atom is 0.120 e. The number of benzene rings is 1. The minimum absolute atomic E-state index is 0.139. The first-order valence-corrected chi connectivity index (χ1v) is 6.48. The first kappa shape index (κ1) is 12.7. The fraction of sp³-hybridized carbons (Fsp3) is 0.417. The van der Waals surface area contributed by atoms with E-state index in [1.54, 1.807) is 18.9 Å². The molecule has 86 valence electrons. The number of rotatable bonds is 6. The fourth-order valence-electron chi connectivity index (χ4n) is 1.32. The average molecular weight is 236 g/mol. The van der Waals surface area contributed by atoms with E-state index < -0.39 is 0 Å². The number of methoxy groups -OCH3 is 1. The predicted octanol–water partition coefficient (Wildman–Crippen LogP) is 2.75. The molecule has 0 saturated carbocycles. The van der Waals surface area contributed by atoms with Gasteiger partial charge in [0.15, 0.2) is 0 Å². The van der Waals surface area contributed by atoms with Crippen molar-refractivity contribution in [2.24, 2.45) is 0 Å². The maximum absolute atomic E-state index is 8.99. The zero-order chi connectivity index (χ0) is 11.8. The van der Waals surface area contributed by atoms with Crippen LogP contribution in [0.15, 0.2) is 24.3 Å². The minimum Gasteiger partial charge on any atom is -0.497 e. The van der Waals surface area contributed by atoms with Crippen LogP contribution >= 0.6 is 11.8 Å². The Hall–Kier alpha value is -1.34. The molecule has 0 aliphatic rings. The summed E-state index contributed by atoms with van der Waals surface area (Å²) in [5.41, 5.74) is 0.923. The van der Waals surface area contributed by atoms with Crippen LogP contribution < -0.4 is 10.1 Å². The number of anilines is 1. The van der Waals surface area contributed by atoms with E-state index in [1.165, 1.54) is 0 Å². The van der Waals surface area contributed by atoms with Crippen LogP contribution in [0.3, 0.4) is 0 Å². The van der Waals surface area contributed by atoms with Gasteiger partial charge in [0.1, 0.15) is 11.8 Å². The third kappa shape index (κ3) is 4.03. The summed E-state index contributed by atoms with van der Waals surface area (Å²) < 4.78 is 5.12. The van der Waals surface area contributed by atoms with Crippen molar-refractivity contribution in [2.45, 2.75) is 12.5 Å². The first-order valence-electron chi connectivity index (χ1n) is 5.09. The number of nitrogens with zero attached hydrogens (tertiary/aromatic N) is 1. The Bertz CT molecular complexity index is 362. The van der Waals surface area contributed by atoms with E-state index in [0.29, 0.717) is 0 Å². The third-order valence-electron chi connectivity index (χ3n) is 2.18. The molecule has 4 heteroatoms. The Morgan fingerprint density at radius 1 is 1.56 bits per heavy atom. The second-order valence-corrected chi connectivity index (χ2v) is 4.33. The van der Waals surface area contributed by atoms with Gasteiger partial charge in [-0.3, -0.25) is 0 Å². The molecule has 1 atom stereocenters. The lowest BCUT2D eigenvalue weighted by Gasteiger charge is -2.12. The smallest absolute Gasteiger partial charge is 0.120 e. The van der Waals surface area contributed by atoms with E-state index in [4.69, 9.17) is 10.00 Å². The highest BCUT2D eigenvalue weighted by Crippen LogP contribution is 2.18. The number of nitriles is 1. The molecule has 1 N–H and O–H groups in total. The minimum atomic E-state index is -0.139. The van der Waals surface area contributed by atoms with Gasteiger partial charge in [-0.1, -0.05) is 6.07 Å². The lowest BCUT2D eigenvalue weighted by atomic mass is 10.2. The third-order valence-corrected chi connectivity index (χ3v) is 2.82. The molecule has 16 heavy (non-hydrogen) atoms. The van der Waals surface area contributed by atoms with E-state index in [9.17, 15) is 0 Å². The zero-order valence-electron chi connectivity index (χ0n) is 9.56. The lowest BCUT2D eigenvalue weighted by Crippen LogP contribution is -2.17. The van der Waals surface area contributed by atoms with Crippen LogP contribution in [-0.2, 0) is 0 Å². The molecular weight excluding hydrogens is 220 g/mol. The van der Waals surface area contributed by atoms with Crippen molar-refractivity contribution >= 4 is 17.4 Å². The second-order valence-electron chi connectivity index (χ2n) is 3.34. The van der Waals surface area contributed by atoms with Crippen molar-refractivity contribution in [2.75, 3.05) is 24.4 Å².